The van der Waals surface area contributed by atoms with Gasteiger partial charge in [0, 0.05) is 26.1 Å². The molecule has 0 aromatic carbocycles. The Kier molecular flexibility index (Phi) is 4.20. The number of nitrogens with zero attached hydrogens (tertiary/aromatic N) is 1. The van der Waals surface area contributed by atoms with Gasteiger partial charge in [-0.3, -0.25) is 9.59 Å². The minimum atomic E-state index is -0.147. The van der Waals surface area contributed by atoms with Crippen LogP contribution in [0, 0.1) is 0 Å². The van der Waals surface area contributed by atoms with Crippen LogP contribution in [-0.2, 0) is 9.59 Å². The largest absolute Gasteiger partial charge is 0.353 e. The first-order valence-corrected chi connectivity index (χ1v) is 5.26. The van der Waals surface area contributed by atoms with Gasteiger partial charge in [0.25, 0.3) is 0 Å². The van der Waals surface area contributed by atoms with E-state index in [0.717, 1.165) is 12.8 Å². The molecule has 1 fully saturated rings. The molecule has 1 rings (SSSR count). The molecular formula is C9H15ClN2O2. The lowest BCUT2D eigenvalue weighted by atomic mass is 10.3. The van der Waals surface area contributed by atoms with Crippen molar-refractivity contribution in [3.63, 3.8) is 0 Å². The van der Waals surface area contributed by atoms with Crippen molar-refractivity contribution in [2.75, 3.05) is 19.5 Å². The molecule has 0 bridgehead atoms. The minimum absolute atomic E-state index is 0.0155. The lowest BCUT2D eigenvalue weighted by Crippen LogP contribution is -2.33. The van der Waals surface area contributed by atoms with Crippen LogP contribution in [-0.4, -0.2) is 42.2 Å². The summed E-state index contributed by atoms with van der Waals surface area (Å²) in [4.78, 5) is 23.7. The Morgan fingerprint density at radius 2 is 2.14 bits per heavy atom. The van der Waals surface area contributed by atoms with Crippen molar-refractivity contribution in [1.29, 1.82) is 0 Å². The number of halogens is 1. The third-order valence-corrected chi connectivity index (χ3v) is 2.39. The predicted molar refractivity (Wildman–Crippen MR) is 54.1 cm³/mol. The number of nitrogens with one attached hydrogen (secondary N) is 1. The highest BCUT2D eigenvalue weighted by atomic mass is 35.5. The fourth-order valence-electron chi connectivity index (χ4n) is 1.02. The summed E-state index contributed by atoms with van der Waals surface area (Å²) in [7, 11) is 1.65. The van der Waals surface area contributed by atoms with Crippen LogP contribution in [0.1, 0.15) is 19.3 Å². The average Bonchev–Trinajstić information content (AvgIpc) is 2.96. The molecule has 1 aliphatic carbocycles. The molecule has 1 saturated carbocycles. The van der Waals surface area contributed by atoms with Gasteiger partial charge in [-0.05, 0) is 12.8 Å². The molecule has 0 heterocycles. The smallest absolute Gasteiger partial charge is 0.237 e. The highest BCUT2D eigenvalue weighted by Crippen LogP contribution is 2.18. The van der Waals surface area contributed by atoms with Crippen LogP contribution in [0.25, 0.3) is 0 Å². The Labute approximate surface area is 88.6 Å². The fraction of sp³-hybridized carbons (Fsp3) is 0.778. The zero-order valence-corrected chi connectivity index (χ0v) is 9.01. The van der Waals surface area contributed by atoms with E-state index in [2.05, 4.69) is 5.32 Å². The van der Waals surface area contributed by atoms with Crippen molar-refractivity contribution in [2.45, 2.75) is 25.3 Å². The first-order chi connectivity index (χ1) is 6.63. The Balaban J connectivity index is 2.11. The van der Waals surface area contributed by atoms with Crippen LogP contribution in [0.2, 0.25) is 0 Å². The van der Waals surface area contributed by atoms with E-state index >= 15 is 0 Å². The third kappa shape index (κ3) is 3.96. The van der Waals surface area contributed by atoms with Crippen LogP contribution in [0.3, 0.4) is 0 Å². The van der Waals surface area contributed by atoms with Gasteiger partial charge in [-0.2, -0.15) is 0 Å². The van der Waals surface area contributed by atoms with Crippen LogP contribution in [0.5, 0.6) is 0 Å². The van der Waals surface area contributed by atoms with Crippen LogP contribution in [0.4, 0.5) is 0 Å². The molecule has 0 aliphatic heterocycles. The van der Waals surface area contributed by atoms with Crippen molar-refractivity contribution in [3.05, 3.63) is 0 Å². The molecule has 1 N–H and O–H groups in total. The summed E-state index contributed by atoms with van der Waals surface area (Å²) >= 11 is 5.36. The number of hydrogen-bond donors (Lipinski definition) is 1. The molecule has 0 aromatic rings. The lowest BCUT2D eigenvalue weighted by molar-refractivity contribution is -0.128. The molecule has 1 aliphatic rings. The molecule has 4 nitrogen and oxygen atoms in total. The molecule has 5 heteroatoms. The molecule has 0 aromatic heterocycles. The fourth-order valence-corrected chi connectivity index (χ4v) is 1.23. The van der Waals surface area contributed by atoms with Gasteiger partial charge in [-0.25, -0.2) is 0 Å². The highest BCUT2D eigenvalue weighted by Gasteiger charge is 2.23. The van der Waals surface area contributed by atoms with Gasteiger partial charge in [-0.15, -0.1) is 11.6 Å². The molecule has 0 saturated heterocycles. The van der Waals surface area contributed by atoms with Crippen LogP contribution in [0.15, 0.2) is 0 Å². The number of rotatable bonds is 5. The van der Waals surface area contributed by atoms with E-state index < -0.39 is 0 Å². The van der Waals surface area contributed by atoms with Gasteiger partial charge in [0.05, 0.1) is 0 Å². The van der Waals surface area contributed by atoms with E-state index in [1.165, 1.54) is 4.90 Å². The second-order valence-electron chi connectivity index (χ2n) is 3.54. The molecule has 2 amide bonds. The van der Waals surface area contributed by atoms with Gasteiger partial charge in [0.2, 0.25) is 11.8 Å². The average molecular weight is 219 g/mol. The van der Waals surface area contributed by atoms with Gasteiger partial charge < -0.3 is 10.2 Å². The zero-order chi connectivity index (χ0) is 10.6. The van der Waals surface area contributed by atoms with Gasteiger partial charge >= 0.3 is 0 Å². The van der Waals surface area contributed by atoms with E-state index in [4.69, 9.17) is 11.6 Å². The molecule has 0 atom stereocenters. The number of alkyl halides is 1. The summed E-state index contributed by atoms with van der Waals surface area (Å²) in [5, 5.41) is 2.86. The van der Waals surface area contributed by atoms with Crippen molar-refractivity contribution in [2.24, 2.45) is 0 Å². The first kappa shape index (κ1) is 11.3. The van der Waals surface area contributed by atoms with Crippen molar-refractivity contribution >= 4 is 23.4 Å². The summed E-state index contributed by atoms with van der Waals surface area (Å²) in [6.45, 7) is 0.435. The molecule has 14 heavy (non-hydrogen) atoms. The number of hydrogen-bond acceptors (Lipinski definition) is 2. The number of amides is 2. The highest BCUT2D eigenvalue weighted by molar-refractivity contribution is 6.27. The minimum Gasteiger partial charge on any atom is -0.353 e. The van der Waals surface area contributed by atoms with Crippen LogP contribution >= 0.6 is 11.6 Å². The second kappa shape index (κ2) is 5.20. The molecular weight excluding hydrogens is 204 g/mol. The standard InChI is InChI=1S/C9H15ClN2O2/c1-12(9(14)6-10)5-4-8(13)11-7-2-3-7/h7H,2-6H2,1H3,(H,11,13). The summed E-state index contributed by atoms with van der Waals surface area (Å²) in [5.74, 6) is -0.159. The Morgan fingerprint density at radius 1 is 1.50 bits per heavy atom. The van der Waals surface area contributed by atoms with E-state index in [-0.39, 0.29) is 17.7 Å². The van der Waals surface area contributed by atoms with E-state index in [1.54, 1.807) is 7.05 Å². The van der Waals surface area contributed by atoms with Gasteiger partial charge in [0.1, 0.15) is 5.88 Å². The Morgan fingerprint density at radius 3 is 2.64 bits per heavy atom. The Bertz CT molecular complexity index is 229. The van der Waals surface area contributed by atoms with Crippen molar-refractivity contribution in [1.82, 2.24) is 10.2 Å². The summed E-state index contributed by atoms with van der Waals surface area (Å²) in [6, 6.07) is 0.386. The van der Waals surface area contributed by atoms with Gasteiger partial charge in [0.15, 0.2) is 0 Å². The van der Waals surface area contributed by atoms with E-state index in [1.807, 2.05) is 0 Å². The maximum absolute atomic E-state index is 11.2. The Hall–Kier alpha value is -0.770. The summed E-state index contributed by atoms with van der Waals surface area (Å²) < 4.78 is 0. The summed E-state index contributed by atoms with van der Waals surface area (Å²) in [5.41, 5.74) is 0. The molecule has 0 unspecified atom stereocenters. The predicted octanol–water partition coefficient (Wildman–Crippen LogP) is 0.352. The molecule has 0 radical (unpaired) electrons. The lowest BCUT2D eigenvalue weighted by Gasteiger charge is -2.15. The maximum atomic E-state index is 11.2. The van der Waals surface area contributed by atoms with Crippen molar-refractivity contribution < 1.29 is 9.59 Å². The molecule has 80 valence electrons. The first-order valence-electron chi connectivity index (χ1n) is 4.72. The maximum Gasteiger partial charge on any atom is 0.237 e. The number of carbonyl (C=O) groups is 2. The topological polar surface area (TPSA) is 49.4 Å². The second-order valence-corrected chi connectivity index (χ2v) is 3.81. The van der Waals surface area contributed by atoms with Crippen molar-refractivity contribution in [3.8, 4) is 0 Å². The van der Waals surface area contributed by atoms with E-state index in [0.29, 0.717) is 19.0 Å². The number of carbonyl (C=O) groups excluding carboxylic acids is 2. The van der Waals surface area contributed by atoms with Crippen LogP contribution < -0.4 is 5.32 Å². The zero-order valence-electron chi connectivity index (χ0n) is 8.25. The SMILES string of the molecule is CN(CCC(=O)NC1CC1)C(=O)CCl. The summed E-state index contributed by atoms with van der Waals surface area (Å²) in [6.07, 6.45) is 2.53. The molecule has 0 spiro atoms. The quantitative estimate of drug-likeness (QED) is 0.678. The van der Waals surface area contributed by atoms with E-state index in [9.17, 15) is 9.59 Å². The normalized spacial score (nSPS) is 15.0. The monoisotopic (exact) mass is 218 g/mol. The third-order valence-electron chi connectivity index (χ3n) is 2.16. The van der Waals surface area contributed by atoms with Gasteiger partial charge in [-0.1, -0.05) is 0 Å².